The van der Waals surface area contributed by atoms with Crippen molar-refractivity contribution in [2.45, 2.75) is 32.2 Å². The number of hydrogen-bond donors (Lipinski definition) is 1. The van der Waals surface area contributed by atoms with Crippen LogP contribution in [0.25, 0.3) is 0 Å². The number of aromatic nitrogens is 1. The summed E-state index contributed by atoms with van der Waals surface area (Å²) in [7, 11) is 3.80. The molecule has 2 heterocycles. The lowest BCUT2D eigenvalue weighted by Gasteiger charge is -2.19. The minimum Gasteiger partial charge on any atom is -0.363 e. The van der Waals surface area contributed by atoms with Crippen LogP contribution < -0.4 is 10.2 Å². The van der Waals surface area contributed by atoms with E-state index in [1.54, 1.807) is 6.20 Å². The first-order valence-electron chi connectivity index (χ1n) is 8.71. The van der Waals surface area contributed by atoms with Crippen LogP contribution in [0.3, 0.4) is 0 Å². The lowest BCUT2D eigenvalue weighted by Crippen LogP contribution is -2.40. The third kappa shape index (κ3) is 3.65. The zero-order valence-corrected chi connectivity index (χ0v) is 14.7. The Balaban J connectivity index is 1.57. The average Bonchev–Trinajstić information content (AvgIpc) is 2.85. The van der Waals surface area contributed by atoms with Crippen LogP contribution in [0, 0.1) is 11.8 Å². The molecule has 7 nitrogen and oxygen atoms in total. The van der Waals surface area contributed by atoms with Gasteiger partial charge in [0.2, 0.25) is 17.7 Å². The van der Waals surface area contributed by atoms with Gasteiger partial charge in [0.05, 0.1) is 11.8 Å². The van der Waals surface area contributed by atoms with Crippen molar-refractivity contribution >= 4 is 23.5 Å². The standard InChI is InChI=1S/C18H24N4O3/c1-21(2)15-9-12(7-8-19-15)10-20-16(23)11-22-17(24)13-5-3-4-6-14(13)18(22)25/h7-9,13-14H,3-6,10-11H2,1-2H3,(H,20,23)/t13-,14+. The van der Waals surface area contributed by atoms with Gasteiger partial charge in [-0.25, -0.2) is 4.98 Å². The Hall–Kier alpha value is -2.44. The molecule has 1 aromatic rings. The van der Waals surface area contributed by atoms with Crippen LogP contribution in [-0.4, -0.2) is 48.2 Å². The van der Waals surface area contributed by atoms with Crippen LogP contribution in [-0.2, 0) is 20.9 Å². The second-order valence-corrected chi connectivity index (χ2v) is 6.95. The van der Waals surface area contributed by atoms with Gasteiger partial charge in [-0.3, -0.25) is 19.3 Å². The van der Waals surface area contributed by atoms with E-state index in [4.69, 9.17) is 0 Å². The van der Waals surface area contributed by atoms with Gasteiger partial charge < -0.3 is 10.2 Å². The molecule has 0 spiro atoms. The SMILES string of the molecule is CN(C)c1cc(CNC(=O)CN2C(=O)[C@H]3CCCC[C@H]3C2=O)ccn1. The van der Waals surface area contributed by atoms with E-state index in [0.717, 1.165) is 42.0 Å². The molecule has 3 amide bonds. The number of nitrogens with one attached hydrogen (secondary N) is 1. The average molecular weight is 344 g/mol. The Morgan fingerprint density at radius 3 is 2.48 bits per heavy atom. The zero-order chi connectivity index (χ0) is 18.0. The van der Waals surface area contributed by atoms with Gasteiger partial charge in [0.1, 0.15) is 12.4 Å². The summed E-state index contributed by atoms with van der Waals surface area (Å²) in [4.78, 5) is 44.2. The maximum Gasteiger partial charge on any atom is 0.240 e. The molecule has 25 heavy (non-hydrogen) atoms. The molecular weight excluding hydrogens is 320 g/mol. The second-order valence-electron chi connectivity index (χ2n) is 6.95. The van der Waals surface area contributed by atoms with Crippen molar-refractivity contribution in [2.75, 3.05) is 25.5 Å². The summed E-state index contributed by atoms with van der Waals surface area (Å²) in [5.74, 6) is -0.287. The lowest BCUT2D eigenvalue weighted by atomic mass is 9.81. The monoisotopic (exact) mass is 344 g/mol. The smallest absolute Gasteiger partial charge is 0.240 e. The van der Waals surface area contributed by atoms with Crippen molar-refractivity contribution in [2.24, 2.45) is 11.8 Å². The van der Waals surface area contributed by atoms with Crippen molar-refractivity contribution < 1.29 is 14.4 Å². The highest BCUT2D eigenvalue weighted by atomic mass is 16.2. The van der Waals surface area contributed by atoms with Gasteiger partial charge in [-0.05, 0) is 30.5 Å². The third-order valence-corrected chi connectivity index (χ3v) is 4.99. The number of fused-ring (bicyclic) bond motifs is 1. The van der Waals surface area contributed by atoms with Gasteiger partial charge in [-0.15, -0.1) is 0 Å². The van der Waals surface area contributed by atoms with Crippen LogP contribution in [0.5, 0.6) is 0 Å². The van der Waals surface area contributed by atoms with Gasteiger partial charge in [0.15, 0.2) is 0 Å². The molecular formula is C18H24N4O3. The minimum atomic E-state index is -0.316. The normalized spacial score (nSPS) is 22.7. The van der Waals surface area contributed by atoms with Crippen LogP contribution in [0.1, 0.15) is 31.2 Å². The first kappa shape index (κ1) is 17.4. The highest BCUT2D eigenvalue weighted by molar-refractivity contribution is 6.07. The molecule has 2 aliphatic rings. The Kier molecular flexibility index (Phi) is 5.01. The fraction of sp³-hybridized carbons (Fsp3) is 0.556. The molecule has 7 heteroatoms. The van der Waals surface area contributed by atoms with Gasteiger partial charge in [-0.2, -0.15) is 0 Å². The number of likely N-dealkylation sites (tertiary alicyclic amines) is 1. The molecule has 1 aliphatic carbocycles. The van der Waals surface area contributed by atoms with E-state index in [2.05, 4.69) is 10.3 Å². The van der Waals surface area contributed by atoms with Crippen molar-refractivity contribution in [3.63, 3.8) is 0 Å². The van der Waals surface area contributed by atoms with Crippen molar-refractivity contribution in [3.8, 4) is 0 Å². The van der Waals surface area contributed by atoms with Gasteiger partial charge in [0.25, 0.3) is 0 Å². The van der Waals surface area contributed by atoms with Crippen molar-refractivity contribution in [1.82, 2.24) is 15.2 Å². The van der Waals surface area contributed by atoms with Crippen molar-refractivity contribution in [3.05, 3.63) is 23.9 Å². The number of anilines is 1. The molecule has 1 aromatic heterocycles. The summed E-state index contributed by atoms with van der Waals surface area (Å²) in [5.41, 5.74) is 0.916. The lowest BCUT2D eigenvalue weighted by molar-refractivity contribution is -0.143. The number of pyridine rings is 1. The summed E-state index contributed by atoms with van der Waals surface area (Å²) in [5, 5.41) is 2.78. The third-order valence-electron chi connectivity index (χ3n) is 4.99. The number of carbonyl (C=O) groups excluding carboxylic acids is 3. The van der Waals surface area contributed by atoms with Crippen molar-refractivity contribution in [1.29, 1.82) is 0 Å². The quantitative estimate of drug-likeness (QED) is 0.804. The predicted molar refractivity (Wildman–Crippen MR) is 92.6 cm³/mol. The number of hydrogen-bond acceptors (Lipinski definition) is 5. The molecule has 1 saturated heterocycles. The second kappa shape index (κ2) is 7.21. The molecule has 134 valence electrons. The first-order chi connectivity index (χ1) is 12.0. The van der Waals surface area contributed by atoms with E-state index in [9.17, 15) is 14.4 Å². The van der Waals surface area contributed by atoms with Gasteiger partial charge in [0, 0.05) is 26.8 Å². The molecule has 0 radical (unpaired) electrons. The number of amides is 3. The molecule has 1 aliphatic heterocycles. The molecule has 2 atom stereocenters. The number of imide groups is 1. The summed E-state index contributed by atoms with van der Waals surface area (Å²) in [6.07, 6.45) is 5.18. The first-order valence-corrected chi connectivity index (χ1v) is 8.71. The molecule has 1 N–H and O–H groups in total. The fourth-order valence-electron chi connectivity index (χ4n) is 3.60. The number of carbonyl (C=O) groups is 3. The predicted octanol–water partition coefficient (Wildman–Crippen LogP) is 0.939. The van der Waals surface area contributed by atoms with Crippen LogP contribution in [0.4, 0.5) is 5.82 Å². The largest absolute Gasteiger partial charge is 0.363 e. The molecule has 3 rings (SSSR count). The van der Waals surface area contributed by atoms with Gasteiger partial charge >= 0.3 is 0 Å². The molecule has 0 aromatic carbocycles. The van der Waals surface area contributed by atoms with Crippen LogP contribution in [0.2, 0.25) is 0 Å². The van der Waals surface area contributed by atoms with Gasteiger partial charge in [-0.1, -0.05) is 12.8 Å². The summed E-state index contributed by atoms with van der Waals surface area (Å²) in [6, 6.07) is 3.72. The number of rotatable bonds is 5. The van der Waals surface area contributed by atoms with Crippen LogP contribution >= 0.6 is 0 Å². The Labute approximate surface area is 147 Å². The summed E-state index contributed by atoms with van der Waals surface area (Å²) >= 11 is 0. The van der Waals surface area contributed by atoms with Crippen LogP contribution in [0.15, 0.2) is 18.3 Å². The Morgan fingerprint density at radius 1 is 1.24 bits per heavy atom. The zero-order valence-electron chi connectivity index (χ0n) is 14.7. The Morgan fingerprint density at radius 2 is 1.88 bits per heavy atom. The van der Waals surface area contributed by atoms with E-state index in [0.29, 0.717) is 6.54 Å². The molecule has 0 unspecified atom stereocenters. The van der Waals surface area contributed by atoms with E-state index in [1.807, 2.05) is 31.1 Å². The van der Waals surface area contributed by atoms with E-state index >= 15 is 0 Å². The van der Waals surface area contributed by atoms with E-state index < -0.39 is 0 Å². The van der Waals surface area contributed by atoms with E-state index in [1.165, 1.54) is 0 Å². The maximum atomic E-state index is 12.4. The molecule has 1 saturated carbocycles. The fourth-order valence-corrected chi connectivity index (χ4v) is 3.60. The Bertz CT molecular complexity index is 665. The summed E-state index contributed by atoms with van der Waals surface area (Å²) < 4.78 is 0. The number of nitrogens with zero attached hydrogens (tertiary/aromatic N) is 3. The summed E-state index contributed by atoms with van der Waals surface area (Å²) in [6.45, 7) is 0.154. The molecule has 0 bridgehead atoms. The topological polar surface area (TPSA) is 82.6 Å². The van der Waals surface area contributed by atoms with E-state index in [-0.39, 0.29) is 36.1 Å². The minimum absolute atomic E-state index is 0.177. The maximum absolute atomic E-state index is 12.4. The highest BCUT2D eigenvalue weighted by Crippen LogP contribution is 2.37. The molecule has 2 fully saturated rings. The highest BCUT2D eigenvalue weighted by Gasteiger charge is 2.48.